The Balaban J connectivity index is 4.07. The molecule has 0 aliphatic carbocycles. The number of hydrogen-bond acceptors (Lipinski definition) is 6. The average molecular weight is 980 g/mol. The van der Waals surface area contributed by atoms with Crippen LogP contribution in [0.4, 0.5) is 0 Å². The summed E-state index contributed by atoms with van der Waals surface area (Å²) in [6.07, 6.45) is 60.3. The number of carbonyl (C=O) groups is 3. The lowest BCUT2D eigenvalue weighted by atomic mass is 10.0. The van der Waals surface area contributed by atoms with Crippen LogP contribution in [-0.2, 0) is 28.6 Å². The van der Waals surface area contributed by atoms with E-state index in [0.29, 0.717) is 19.3 Å². The summed E-state index contributed by atoms with van der Waals surface area (Å²) in [6, 6.07) is -0.610. The highest BCUT2D eigenvalue weighted by Gasteiger charge is 2.31. The zero-order valence-corrected chi connectivity index (χ0v) is 47.1. The van der Waals surface area contributed by atoms with Gasteiger partial charge in [-0.2, -0.15) is 0 Å². The van der Waals surface area contributed by atoms with E-state index in [0.717, 1.165) is 38.5 Å². The molecule has 0 saturated heterocycles. The molecule has 0 bridgehead atoms. The maximum absolute atomic E-state index is 12.9. The van der Waals surface area contributed by atoms with Gasteiger partial charge in [-0.3, -0.25) is 9.59 Å². The van der Waals surface area contributed by atoms with E-state index in [9.17, 15) is 19.5 Å². The van der Waals surface area contributed by atoms with E-state index in [1.54, 1.807) is 0 Å². The summed E-state index contributed by atoms with van der Waals surface area (Å²) in [4.78, 5) is 37.3. The Kier molecular flexibility index (Phi) is 51.4. The summed E-state index contributed by atoms with van der Waals surface area (Å²) in [6.45, 7) is 4.83. The number of hydrogen-bond donors (Lipinski definition) is 1. The third-order valence-corrected chi connectivity index (χ3v) is 14.5. The molecule has 0 rings (SSSR count). The van der Waals surface area contributed by atoms with Crippen LogP contribution in [0.2, 0.25) is 0 Å². The van der Waals surface area contributed by atoms with E-state index in [1.165, 1.54) is 250 Å². The van der Waals surface area contributed by atoms with Crippen LogP contribution in [0.1, 0.15) is 322 Å². The highest BCUT2D eigenvalue weighted by Crippen LogP contribution is 2.19. The summed E-state index contributed by atoms with van der Waals surface area (Å²) in [5, 5.41) is 9.69. The molecule has 410 valence electrons. The van der Waals surface area contributed by atoms with Crippen LogP contribution < -0.4 is 0 Å². The van der Waals surface area contributed by atoms with Gasteiger partial charge in [0, 0.05) is 19.3 Å². The summed E-state index contributed by atoms with van der Waals surface area (Å²) in [5.74, 6) is -1.43. The summed E-state index contributed by atoms with van der Waals surface area (Å²) in [7, 11) is 5.56. The van der Waals surface area contributed by atoms with E-state index in [-0.39, 0.29) is 36.2 Å². The van der Waals surface area contributed by atoms with Crippen LogP contribution in [0.25, 0.3) is 0 Å². The van der Waals surface area contributed by atoms with Gasteiger partial charge in [0.1, 0.15) is 6.61 Å². The number of ether oxygens (including phenoxy) is 3. The molecule has 0 spiro atoms. The highest BCUT2D eigenvalue weighted by atomic mass is 16.6. The lowest BCUT2D eigenvalue weighted by Gasteiger charge is -2.31. The largest absolute Gasteiger partial charge is 0.477 e. The first-order valence-electron chi connectivity index (χ1n) is 30.6. The van der Waals surface area contributed by atoms with Crippen molar-refractivity contribution in [1.29, 1.82) is 0 Å². The number of quaternary nitrogens is 1. The molecule has 0 aliphatic heterocycles. The minimum Gasteiger partial charge on any atom is -0.477 e. The number of unbranched alkanes of at least 4 members (excludes halogenated alkanes) is 43. The second-order valence-electron chi connectivity index (χ2n) is 22.3. The summed E-state index contributed by atoms with van der Waals surface area (Å²) in [5.41, 5.74) is 0. The van der Waals surface area contributed by atoms with E-state index in [2.05, 4.69) is 13.8 Å². The number of esters is 2. The molecule has 0 aromatic rings. The third-order valence-electron chi connectivity index (χ3n) is 14.5. The van der Waals surface area contributed by atoms with E-state index < -0.39 is 18.1 Å². The van der Waals surface area contributed by atoms with E-state index in [1.807, 2.05) is 21.1 Å². The second kappa shape index (κ2) is 52.6. The van der Waals surface area contributed by atoms with Crippen molar-refractivity contribution in [3.63, 3.8) is 0 Å². The molecule has 0 radical (unpaired) electrons. The third kappa shape index (κ3) is 51.0. The van der Waals surface area contributed by atoms with Crippen molar-refractivity contribution in [3.05, 3.63) is 0 Å². The molecule has 0 heterocycles. The molecule has 0 fully saturated rings. The van der Waals surface area contributed by atoms with E-state index in [4.69, 9.17) is 14.2 Å². The normalized spacial score (nSPS) is 12.7. The van der Waals surface area contributed by atoms with Crippen molar-refractivity contribution in [3.8, 4) is 0 Å². The van der Waals surface area contributed by atoms with Crippen LogP contribution in [0.3, 0.4) is 0 Å². The molecule has 8 nitrogen and oxygen atoms in total. The molecule has 8 heteroatoms. The summed E-state index contributed by atoms with van der Waals surface area (Å²) < 4.78 is 17.5. The van der Waals surface area contributed by atoms with Crippen molar-refractivity contribution >= 4 is 17.9 Å². The maximum atomic E-state index is 12.9. The number of nitrogens with zero attached hydrogens (tertiary/aromatic N) is 1. The van der Waals surface area contributed by atoms with Gasteiger partial charge in [0.05, 0.1) is 34.4 Å². The van der Waals surface area contributed by atoms with Crippen LogP contribution in [-0.4, -0.2) is 80.6 Å². The number of rotatable bonds is 57. The molecule has 2 unspecified atom stereocenters. The Morgan fingerprint density at radius 2 is 0.638 bits per heavy atom. The van der Waals surface area contributed by atoms with Gasteiger partial charge in [0.2, 0.25) is 0 Å². The first kappa shape index (κ1) is 67.3. The maximum Gasteiger partial charge on any atom is 0.362 e. The number of carbonyl (C=O) groups excluding carboxylic acids is 2. The summed E-state index contributed by atoms with van der Waals surface area (Å²) >= 11 is 0. The molecule has 0 amide bonds. The van der Waals surface area contributed by atoms with Crippen molar-refractivity contribution in [1.82, 2.24) is 0 Å². The Hall–Kier alpha value is -1.67. The first-order valence-corrected chi connectivity index (χ1v) is 30.6. The SMILES string of the molecule is CCCCCCCCCCCCCCCCCCCCCCCCCC(=O)OC(COCCC(C(=O)O)[N+](C)(C)C)COC(=O)CCCCCCCCCCCCCCCCCCCCCCCC. The van der Waals surface area contributed by atoms with Crippen LogP contribution in [0, 0.1) is 0 Å². The van der Waals surface area contributed by atoms with Crippen molar-refractivity contribution in [2.24, 2.45) is 0 Å². The molecule has 2 atom stereocenters. The highest BCUT2D eigenvalue weighted by molar-refractivity contribution is 5.72. The smallest absolute Gasteiger partial charge is 0.362 e. The second-order valence-corrected chi connectivity index (χ2v) is 22.3. The standard InChI is InChI=1S/C61H119NO7/c1-6-8-10-12-14-16-18-20-22-24-26-28-30-32-34-36-38-40-42-44-46-48-50-52-60(64)69-57(55-67-54-53-58(61(65)66)62(3,4)5)56-68-59(63)51-49-47-45-43-41-39-37-35-33-31-29-27-25-23-21-19-17-15-13-11-9-7-2/h57-58H,6-56H2,1-5H3/p+1. The average Bonchev–Trinajstić information content (AvgIpc) is 3.31. The zero-order valence-electron chi connectivity index (χ0n) is 47.1. The molecular formula is C61H120NO7+. The quantitative estimate of drug-likeness (QED) is 0.0368. The Labute approximate surface area is 429 Å². The predicted octanol–water partition coefficient (Wildman–Crippen LogP) is 18.4. The fourth-order valence-electron chi connectivity index (χ4n) is 9.80. The van der Waals surface area contributed by atoms with Crippen molar-refractivity contribution in [2.45, 2.75) is 334 Å². The molecular weight excluding hydrogens is 859 g/mol. The molecule has 1 N–H and O–H groups in total. The number of aliphatic carboxylic acids is 1. The number of carboxylic acids is 1. The molecule has 0 aromatic heterocycles. The monoisotopic (exact) mass is 979 g/mol. The van der Waals surface area contributed by atoms with Gasteiger partial charge in [-0.05, 0) is 12.8 Å². The number of likely N-dealkylation sites (N-methyl/N-ethyl adjacent to an activating group) is 1. The molecule has 0 aromatic carbocycles. The fraction of sp³-hybridized carbons (Fsp3) is 0.951. The van der Waals surface area contributed by atoms with E-state index >= 15 is 0 Å². The minimum atomic E-state index is -0.867. The topological polar surface area (TPSA) is 99.1 Å². The van der Waals surface area contributed by atoms with Gasteiger partial charge < -0.3 is 23.8 Å². The van der Waals surface area contributed by atoms with Gasteiger partial charge in [-0.25, -0.2) is 4.79 Å². The first-order chi connectivity index (χ1) is 33.6. The van der Waals surface area contributed by atoms with Gasteiger partial charge in [-0.1, -0.05) is 290 Å². The number of carboxylic acid groups (broad SMARTS) is 1. The minimum absolute atomic E-state index is 0.0407. The van der Waals surface area contributed by atoms with Gasteiger partial charge in [0.25, 0.3) is 0 Å². The van der Waals surface area contributed by atoms with Crippen molar-refractivity contribution in [2.75, 3.05) is 41.0 Å². The van der Waals surface area contributed by atoms with Gasteiger partial charge >= 0.3 is 17.9 Å². The van der Waals surface area contributed by atoms with Gasteiger partial charge in [0.15, 0.2) is 12.1 Å². The molecule has 0 aliphatic rings. The molecule has 69 heavy (non-hydrogen) atoms. The van der Waals surface area contributed by atoms with Crippen molar-refractivity contribution < 1.29 is 38.2 Å². The lowest BCUT2D eigenvalue weighted by Crippen LogP contribution is -2.50. The fourth-order valence-corrected chi connectivity index (χ4v) is 9.80. The molecule has 0 saturated carbocycles. The Morgan fingerprint density at radius 3 is 0.899 bits per heavy atom. The van der Waals surface area contributed by atoms with Crippen LogP contribution in [0.5, 0.6) is 0 Å². The lowest BCUT2D eigenvalue weighted by molar-refractivity contribution is -0.887. The van der Waals surface area contributed by atoms with Crippen LogP contribution in [0.15, 0.2) is 0 Å². The Bertz CT molecular complexity index is 1090. The van der Waals surface area contributed by atoms with Crippen LogP contribution >= 0.6 is 0 Å². The predicted molar refractivity (Wildman–Crippen MR) is 294 cm³/mol. The Morgan fingerprint density at radius 1 is 0.377 bits per heavy atom. The zero-order chi connectivity index (χ0) is 50.6. The van der Waals surface area contributed by atoms with Gasteiger partial charge in [-0.15, -0.1) is 0 Å².